The van der Waals surface area contributed by atoms with Gasteiger partial charge in [-0.3, -0.25) is 10.2 Å². The van der Waals surface area contributed by atoms with Crippen molar-refractivity contribution in [2.75, 3.05) is 10.7 Å². The Labute approximate surface area is 187 Å². The molecule has 8 heteroatoms. The summed E-state index contributed by atoms with van der Waals surface area (Å²) in [6, 6.07) is 22.4. The lowest BCUT2D eigenvalue weighted by Crippen LogP contribution is -2.11. The van der Waals surface area contributed by atoms with E-state index in [2.05, 4.69) is 20.8 Å². The Hall–Kier alpha value is -3.55. The number of thiazole rings is 1. The SMILES string of the molecule is O=C(Nc1sc(N/N=C/c2ccccc2F)nc1-c1ccccc1)c1ccc(Cl)cc1. The first-order chi connectivity index (χ1) is 15.1. The Kier molecular flexibility index (Phi) is 6.35. The van der Waals surface area contributed by atoms with Gasteiger partial charge in [0.05, 0.1) is 6.21 Å². The van der Waals surface area contributed by atoms with Crippen LogP contribution >= 0.6 is 22.9 Å². The van der Waals surface area contributed by atoms with Gasteiger partial charge < -0.3 is 5.32 Å². The molecule has 5 nitrogen and oxygen atoms in total. The van der Waals surface area contributed by atoms with Crippen LogP contribution in [-0.2, 0) is 0 Å². The van der Waals surface area contributed by atoms with Crippen molar-refractivity contribution in [3.63, 3.8) is 0 Å². The number of hydrogen-bond donors (Lipinski definition) is 2. The first kappa shape index (κ1) is 20.7. The van der Waals surface area contributed by atoms with Crippen molar-refractivity contribution in [2.24, 2.45) is 5.10 Å². The molecule has 1 amide bonds. The Balaban J connectivity index is 1.59. The molecule has 3 aromatic carbocycles. The third-order valence-corrected chi connectivity index (χ3v) is 5.40. The maximum absolute atomic E-state index is 13.7. The van der Waals surface area contributed by atoms with Crippen molar-refractivity contribution >= 4 is 45.2 Å². The van der Waals surface area contributed by atoms with Crippen LogP contribution in [0.25, 0.3) is 11.3 Å². The van der Waals surface area contributed by atoms with Crippen molar-refractivity contribution < 1.29 is 9.18 Å². The average Bonchev–Trinajstić information content (AvgIpc) is 3.18. The van der Waals surface area contributed by atoms with E-state index in [0.717, 1.165) is 5.56 Å². The van der Waals surface area contributed by atoms with Gasteiger partial charge in [-0.1, -0.05) is 71.5 Å². The fourth-order valence-corrected chi connectivity index (χ4v) is 3.72. The second kappa shape index (κ2) is 9.51. The molecule has 0 aliphatic rings. The molecule has 0 saturated carbocycles. The van der Waals surface area contributed by atoms with Gasteiger partial charge in [-0.05, 0) is 30.3 Å². The maximum atomic E-state index is 13.7. The third-order valence-electron chi connectivity index (χ3n) is 4.28. The lowest BCUT2D eigenvalue weighted by molar-refractivity contribution is 0.102. The van der Waals surface area contributed by atoms with E-state index >= 15 is 0 Å². The van der Waals surface area contributed by atoms with Crippen molar-refractivity contribution in [2.45, 2.75) is 0 Å². The lowest BCUT2D eigenvalue weighted by Gasteiger charge is -2.05. The number of rotatable bonds is 6. The molecule has 31 heavy (non-hydrogen) atoms. The monoisotopic (exact) mass is 450 g/mol. The smallest absolute Gasteiger partial charge is 0.256 e. The number of hydrazone groups is 1. The zero-order chi connectivity index (χ0) is 21.6. The summed E-state index contributed by atoms with van der Waals surface area (Å²) in [5.41, 5.74) is 5.09. The van der Waals surface area contributed by atoms with Gasteiger partial charge in [-0.15, -0.1) is 0 Å². The molecule has 0 atom stereocenters. The molecule has 0 radical (unpaired) electrons. The highest BCUT2D eigenvalue weighted by atomic mass is 35.5. The van der Waals surface area contributed by atoms with Crippen LogP contribution in [0, 0.1) is 5.82 Å². The molecule has 0 bridgehead atoms. The third kappa shape index (κ3) is 5.14. The van der Waals surface area contributed by atoms with Crippen LogP contribution in [0.3, 0.4) is 0 Å². The van der Waals surface area contributed by atoms with Crippen molar-refractivity contribution in [3.05, 3.63) is 101 Å². The minimum Gasteiger partial charge on any atom is -0.312 e. The molecule has 0 unspecified atom stereocenters. The highest BCUT2D eigenvalue weighted by Crippen LogP contribution is 2.36. The highest BCUT2D eigenvalue weighted by molar-refractivity contribution is 7.20. The summed E-state index contributed by atoms with van der Waals surface area (Å²) in [4.78, 5) is 17.2. The largest absolute Gasteiger partial charge is 0.312 e. The summed E-state index contributed by atoms with van der Waals surface area (Å²) in [5.74, 6) is -0.646. The summed E-state index contributed by atoms with van der Waals surface area (Å²) in [6.07, 6.45) is 1.38. The van der Waals surface area contributed by atoms with Crippen LogP contribution in [-0.4, -0.2) is 17.1 Å². The van der Waals surface area contributed by atoms with Crippen LogP contribution in [0.1, 0.15) is 15.9 Å². The number of amides is 1. The van der Waals surface area contributed by atoms with Gasteiger partial charge >= 0.3 is 0 Å². The molecule has 4 aromatic rings. The zero-order valence-electron chi connectivity index (χ0n) is 16.0. The summed E-state index contributed by atoms with van der Waals surface area (Å²) in [6.45, 7) is 0. The molecule has 154 valence electrons. The second-order valence-electron chi connectivity index (χ2n) is 6.42. The number of anilines is 2. The number of carbonyl (C=O) groups is 1. The molecular weight excluding hydrogens is 435 g/mol. The van der Waals surface area contributed by atoms with E-state index in [1.165, 1.54) is 23.6 Å². The molecule has 0 aliphatic heterocycles. The van der Waals surface area contributed by atoms with Crippen molar-refractivity contribution in [1.29, 1.82) is 0 Å². The zero-order valence-corrected chi connectivity index (χ0v) is 17.6. The fourth-order valence-electron chi connectivity index (χ4n) is 2.76. The molecule has 2 N–H and O–H groups in total. The molecular formula is C23H16ClFN4OS. The number of halogens is 2. The number of aromatic nitrogens is 1. The molecule has 4 rings (SSSR count). The summed E-state index contributed by atoms with van der Waals surface area (Å²) >= 11 is 7.13. The van der Waals surface area contributed by atoms with E-state index in [-0.39, 0.29) is 11.7 Å². The van der Waals surface area contributed by atoms with Crippen molar-refractivity contribution in [3.8, 4) is 11.3 Å². The van der Waals surface area contributed by atoms with Gasteiger partial charge in [-0.25, -0.2) is 9.37 Å². The Bertz CT molecular complexity index is 1230. The number of nitrogens with one attached hydrogen (secondary N) is 2. The Morgan fingerprint density at radius 1 is 1.00 bits per heavy atom. The van der Waals surface area contributed by atoms with E-state index < -0.39 is 0 Å². The second-order valence-corrected chi connectivity index (χ2v) is 7.85. The molecule has 0 saturated heterocycles. The van der Waals surface area contributed by atoms with Crippen LogP contribution in [0.15, 0.2) is 84.0 Å². The fraction of sp³-hybridized carbons (Fsp3) is 0. The van der Waals surface area contributed by atoms with Crippen LogP contribution in [0.5, 0.6) is 0 Å². The van der Waals surface area contributed by atoms with E-state index in [9.17, 15) is 9.18 Å². The molecule has 0 spiro atoms. The van der Waals surface area contributed by atoms with Gasteiger partial charge in [0.1, 0.15) is 16.5 Å². The van der Waals surface area contributed by atoms with E-state index in [1.54, 1.807) is 42.5 Å². The molecule has 0 aliphatic carbocycles. The highest BCUT2D eigenvalue weighted by Gasteiger charge is 2.16. The van der Waals surface area contributed by atoms with E-state index in [0.29, 0.717) is 32.0 Å². The number of hydrogen-bond acceptors (Lipinski definition) is 5. The van der Waals surface area contributed by atoms with E-state index in [4.69, 9.17) is 11.6 Å². The quantitative estimate of drug-likeness (QED) is 0.267. The topological polar surface area (TPSA) is 66.4 Å². The number of benzene rings is 3. The van der Waals surface area contributed by atoms with Crippen LogP contribution in [0.2, 0.25) is 5.02 Å². The normalized spacial score (nSPS) is 10.9. The van der Waals surface area contributed by atoms with Gasteiger partial charge in [0, 0.05) is 21.7 Å². The summed E-state index contributed by atoms with van der Waals surface area (Å²) < 4.78 is 13.7. The molecule has 0 fully saturated rings. The van der Waals surface area contributed by atoms with Gasteiger partial charge in [0.25, 0.3) is 5.91 Å². The van der Waals surface area contributed by atoms with Gasteiger partial charge in [-0.2, -0.15) is 5.10 Å². The van der Waals surface area contributed by atoms with E-state index in [1.807, 2.05) is 30.3 Å². The minimum atomic E-state index is -0.368. The van der Waals surface area contributed by atoms with Crippen LogP contribution < -0.4 is 10.7 Å². The standard InChI is InChI=1S/C23H16ClFN4OS/c24-18-12-10-16(11-13-18)21(30)28-22-20(15-6-2-1-3-7-15)27-23(31-22)29-26-14-17-8-4-5-9-19(17)25/h1-14H,(H,27,29)(H,28,30)/b26-14+. The summed E-state index contributed by atoms with van der Waals surface area (Å²) in [7, 11) is 0. The maximum Gasteiger partial charge on any atom is 0.256 e. The van der Waals surface area contributed by atoms with Crippen molar-refractivity contribution in [1.82, 2.24) is 4.98 Å². The molecule has 1 heterocycles. The predicted octanol–water partition coefficient (Wildman–Crippen LogP) is 6.30. The minimum absolute atomic E-state index is 0.279. The first-order valence-corrected chi connectivity index (χ1v) is 10.5. The lowest BCUT2D eigenvalue weighted by atomic mass is 10.1. The van der Waals surface area contributed by atoms with Gasteiger partial charge in [0.15, 0.2) is 0 Å². The average molecular weight is 451 g/mol. The summed E-state index contributed by atoms with van der Waals surface area (Å²) in [5, 5.41) is 8.55. The predicted molar refractivity (Wildman–Crippen MR) is 125 cm³/mol. The first-order valence-electron chi connectivity index (χ1n) is 9.27. The number of nitrogens with zero attached hydrogens (tertiary/aromatic N) is 2. The Morgan fingerprint density at radius 2 is 1.71 bits per heavy atom. The Morgan fingerprint density at radius 3 is 2.45 bits per heavy atom. The van der Waals surface area contributed by atoms with Gasteiger partial charge in [0.2, 0.25) is 5.13 Å². The number of carbonyl (C=O) groups excluding carboxylic acids is 1. The van der Waals surface area contributed by atoms with Crippen LogP contribution in [0.4, 0.5) is 14.5 Å². The molecule has 1 aromatic heterocycles.